The molecule has 0 spiro atoms. The minimum Gasteiger partial charge on any atom is -0.493 e. The number of aliphatic imine (C=N–C) groups is 1. The van der Waals surface area contributed by atoms with E-state index < -0.39 is 0 Å². The first-order valence-corrected chi connectivity index (χ1v) is 8.61. The van der Waals surface area contributed by atoms with Gasteiger partial charge in [-0.1, -0.05) is 29.5 Å². The predicted octanol–water partition coefficient (Wildman–Crippen LogP) is 3.83. The van der Waals surface area contributed by atoms with Gasteiger partial charge in [0.1, 0.15) is 0 Å². The van der Waals surface area contributed by atoms with Crippen molar-refractivity contribution < 1.29 is 5.11 Å². The van der Waals surface area contributed by atoms with Crippen molar-refractivity contribution in [1.29, 1.82) is 5.41 Å². The minimum absolute atomic E-state index is 0.0413. The number of para-hydroxylation sites is 1. The number of benzene rings is 1. The van der Waals surface area contributed by atoms with Gasteiger partial charge in [0.05, 0.1) is 10.6 Å². The Balaban J connectivity index is 1.87. The summed E-state index contributed by atoms with van der Waals surface area (Å²) in [6, 6.07) is 7.92. The van der Waals surface area contributed by atoms with Gasteiger partial charge in [-0.25, -0.2) is 9.55 Å². The number of hydrogen-bond donors (Lipinski definition) is 2. The Morgan fingerprint density at radius 1 is 1.30 bits per heavy atom. The van der Waals surface area contributed by atoms with Crippen LogP contribution in [-0.4, -0.2) is 20.4 Å². The highest BCUT2D eigenvalue weighted by molar-refractivity contribution is 7.13. The summed E-state index contributed by atoms with van der Waals surface area (Å²) in [4.78, 5) is 9.59. The lowest BCUT2D eigenvalue weighted by atomic mass is 10.0. The van der Waals surface area contributed by atoms with Crippen LogP contribution in [0.15, 0.2) is 40.8 Å². The SMILES string of the molecule is CC1=Nc2ccccc2/C1=C\c1sc(=N)n(-c2nccs2)c1O. The molecule has 2 aromatic heterocycles. The molecule has 2 N–H and O–H groups in total. The van der Waals surface area contributed by atoms with Gasteiger partial charge in [-0.05, 0) is 19.1 Å². The van der Waals surface area contributed by atoms with Gasteiger partial charge in [-0.15, -0.1) is 11.3 Å². The second kappa shape index (κ2) is 5.29. The Labute approximate surface area is 140 Å². The van der Waals surface area contributed by atoms with Gasteiger partial charge in [0, 0.05) is 28.4 Å². The van der Waals surface area contributed by atoms with E-state index in [1.165, 1.54) is 27.2 Å². The van der Waals surface area contributed by atoms with E-state index in [4.69, 9.17) is 5.41 Å². The summed E-state index contributed by atoms with van der Waals surface area (Å²) in [5.74, 6) is 0.0413. The Hall–Kier alpha value is -2.51. The van der Waals surface area contributed by atoms with Crippen LogP contribution in [0.2, 0.25) is 0 Å². The van der Waals surface area contributed by atoms with Gasteiger partial charge in [0.2, 0.25) is 5.88 Å². The van der Waals surface area contributed by atoms with Crippen LogP contribution in [0, 0.1) is 5.41 Å². The maximum Gasteiger partial charge on any atom is 0.217 e. The summed E-state index contributed by atoms with van der Waals surface area (Å²) < 4.78 is 1.45. The number of hydrogen-bond acceptors (Lipinski definition) is 6. The quantitative estimate of drug-likeness (QED) is 0.744. The largest absolute Gasteiger partial charge is 0.493 e. The van der Waals surface area contributed by atoms with Crippen LogP contribution in [0.3, 0.4) is 0 Å². The van der Waals surface area contributed by atoms with Crippen molar-refractivity contribution in [3.05, 3.63) is 51.1 Å². The molecule has 1 aromatic carbocycles. The Bertz CT molecular complexity index is 1010. The minimum atomic E-state index is 0.0413. The molecule has 0 bridgehead atoms. The number of nitrogens with one attached hydrogen (secondary N) is 1. The number of rotatable bonds is 2. The second-order valence-electron chi connectivity index (χ2n) is 5.02. The van der Waals surface area contributed by atoms with E-state index in [2.05, 4.69) is 9.98 Å². The Kier molecular flexibility index (Phi) is 3.24. The zero-order valence-corrected chi connectivity index (χ0v) is 13.8. The summed E-state index contributed by atoms with van der Waals surface area (Å²) in [6.45, 7) is 1.95. The summed E-state index contributed by atoms with van der Waals surface area (Å²) in [7, 11) is 0. The summed E-state index contributed by atoms with van der Waals surface area (Å²) >= 11 is 2.60. The van der Waals surface area contributed by atoms with E-state index in [-0.39, 0.29) is 10.7 Å². The van der Waals surface area contributed by atoms with Crippen LogP contribution >= 0.6 is 22.7 Å². The lowest BCUT2D eigenvalue weighted by Crippen LogP contribution is -2.09. The van der Waals surface area contributed by atoms with Crippen molar-refractivity contribution >= 4 is 45.7 Å². The van der Waals surface area contributed by atoms with Gasteiger partial charge in [-0.2, -0.15) is 0 Å². The Morgan fingerprint density at radius 2 is 2.13 bits per heavy atom. The third-order valence-corrected chi connectivity index (χ3v) is 5.25. The maximum atomic E-state index is 10.5. The molecule has 4 rings (SSSR count). The van der Waals surface area contributed by atoms with Crippen molar-refractivity contribution in [3.8, 4) is 11.0 Å². The number of nitrogens with zero attached hydrogens (tertiary/aromatic N) is 3. The molecule has 0 saturated carbocycles. The third kappa shape index (κ3) is 2.25. The highest BCUT2D eigenvalue weighted by atomic mass is 32.1. The smallest absolute Gasteiger partial charge is 0.217 e. The fourth-order valence-corrected chi connectivity index (χ4v) is 4.09. The Morgan fingerprint density at radius 3 is 2.91 bits per heavy atom. The van der Waals surface area contributed by atoms with E-state index in [1.54, 1.807) is 6.20 Å². The fourth-order valence-electron chi connectivity index (χ4n) is 2.55. The topological polar surface area (TPSA) is 74.3 Å². The molecule has 3 aromatic rings. The molecule has 0 radical (unpaired) electrons. The van der Waals surface area contributed by atoms with Crippen LogP contribution < -0.4 is 4.80 Å². The maximum absolute atomic E-state index is 10.5. The molecule has 0 aliphatic carbocycles. The molecule has 114 valence electrons. The van der Waals surface area contributed by atoms with Crippen molar-refractivity contribution in [1.82, 2.24) is 9.55 Å². The molecule has 5 nitrogen and oxygen atoms in total. The van der Waals surface area contributed by atoms with Gasteiger partial charge in [0.25, 0.3) is 0 Å². The van der Waals surface area contributed by atoms with Crippen molar-refractivity contribution in [2.75, 3.05) is 0 Å². The normalized spacial score (nSPS) is 15.0. The molecule has 0 fully saturated rings. The molecule has 7 heteroatoms. The van der Waals surface area contributed by atoms with E-state index >= 15 is 0 Å². The number of allylic oxidation sites excluding steroid dienone is 1. The van der Waals surface area contributed by atoms with Gasteiger partial charge in [0.15, 0.2) is 9.93 Å². The molecule has 0 amide bonds. The second-order valence-corrected chi connectivity index (χ2v) is 6.92. The predicted molar refractivity (Wildman–Crippen MR) is 93.9 cm³/mol. The van der Waals surface area contributed by atoms with Crippen molar-refractivity contribution in [2.24, 2.45) is 4.99 Å². The van der Waals surface area contributed by atoms with Gasteiger partial charge < -0.3 is 5.11 Å². The molecular formula is C16H12N4OS2. The van der Waals surface area contributed by atoms with Crippen LogP contribution in [0.1, 0.15) is 17.4 Å². The summed E-state index contributed by atoms with van der Waals surface area (Å²) in [5, 5.41) is 21.0. The monoisotopic (exact) mass is 340 g/mol. The lowest BCUT2D eigenvalue weighted by molar-refractivity contribution is 0.438. The summed E-state index contributed by atoms with van der Waals surface area (Å²) in [5.41, 5.74) is 3.87. The molecule has 23 heavy (non-hydrogen) atoms. The van der Waals surface area contributed by atoms with E-state index in [0.29, 0.717) is 10.0 Å². The van der Waals surface area contributed by atoms with Crippen molar-refractivity contribution in [3.63, 3.8) is 0 Å². The van der Waals surface area contributed by atoms with Crippen LogP contribution in [0.4, 0.5) is 5.69 Å². The van der Waals surface area contributed by atoms with Crippen LogP contribution in [-0.2, 0) is 0 Å². The van der Waals surface area contributed by atoms with E-state index in [0.717, 1.165) is 22.5 Å². The van der Waals surface area contributed by atoms with Gasteiger partial charge in [-0.3, -0.25) is 10.4 Å². The molecular weight excluding hydrogens is 328 g/mol. The van der Waals surface area contributed by atoms with E-state index in [1.807, 2.05) is 42.6 Å². The fraction of sp³-hybridized carbons (Fsp3) is 0.0625. The van der Waals surface area contributed by atoms with Gasteiger partial charge >= 0.3 is 0 Å². The standard InChI is InChI=1S/C16H12N4OS2/c1-9-11(10-4-2-3-5-12(10)19-9)8-13-14(21)20(15(17)23-13)16-18-6-7-22-16/h2-8,17,21H,1H3/b11-8-,17-15?. The van der Waals surface area contributed by atoms with Crippen molar-refractivity contribution in [2.45, 2.75) is 6.92 Å². The van der Waals surface area contributed by atoms with E-state index in [9.17, 15) is 5.11 Å². The zero-order valence-electron chi connectivity index (χ0n) is 12.1. The third-order valence-electron chi connectivity index (χ3n) is 3.60. The molecule has 0 unspecified atom stereocenters. The first kappa shape index (κ1) is 14.1. The lowest BCUT2D eigenvalue weighted by Gasteiger charge is -2.02. The first-order chi connectivity index (χ1) is 11.1. The average molecular weight is 340 g/mol. The molecule has 0 saturated heterocycles. The first-order valence-electron chi connectivity index (χ1n) is 6.91. The molecule has 3 heterocycles. The average Bonchev–Trinajstić information content (AvgIpc) is 3.21. The number of aromatic hydroxyl groups is 1. The molecule has 0 atom stereocenters. The zero-order chi connectivity index (χ0) is 16.0. The highest BCUT2D eigenvalue weighted by Gasteiger charge is 2.20. The highest BCUT2D eigenvalue weighted by Crippen LogP contribution is 2.37. The van der Waals surface area contributed by atoms with Crippen LogP contribution in [0.5, 0.6) is 5.88 Å². The number of fused-ring (bicyclic) bond motifs is 1. The number of aromatic nitrogens is 2. The summed E-state index contributed by atoms with van der Waals surface area (Å²) in [6.07, 6.45) is 3.55. The molecule has 1 aliphatic rings. The molecule has 1 aliphatic heterocycles. The van der Waals surface area contributed by atoms with Crippen LogP contribution in [0.25, 0.3) is 16.8 Å². The number of thiazole rings is 2.